The number of aliphatic hydroxyl groups is 1. The Hall–Kier alpha value is -3.27. The van der Waals surface area contributed by atoms with Gasteiger partial charge in [-0.05, 0) is 66.7 Å². The molecule has 191 valence electrons. The maximum atomic E-state index is 10.0. The van der Waals surface area contributed by atoms with Crippen LogP contribution in [0.3, 0.4) is 0 Å². The van der Waals surface area contributed by atoms with Crippen molar-refractivity contribution >= 4 is 38.5 Å². The number of hydrogen-bond donors (Lipinski definition) is 1. The summed E-state index contributed by atoms with van der Waals surface area (Å²) >= 11 is 0. The van der Waals surface area contributed by atoms with Gasteiger partial charge in [-0.1, -0.05) is 67.0 Å². The predicted octanol–water partition coefficient (Wildman–Crippen LogP) is 8.60. The third-order valence-electron chi connectivity index (χ3n) is 6.44. The molecule has 1 N–H and O–H groups in total. The van der Waals surface area contributed by atoms with Crippen molar-refractivity contribution < 1.29 is 39.9 Å². The van der Waals surface area contributed by atoms with Crippen molar-refractivity contribution in [3.63, 3.8) is 0 Å². The molecule has 1 fully saturated rings. The molecular formula is C32H30IrNO3-. The Morgan fingerprint density at radius 2 is 1.89 bits per heavy atom. The number of carbonyl (C=O) groups is 1. The minimum atomic E-state index is -2.31. The Balaban J connectivity index is 0.000000434. The van der Waals surface area contributed by atoms with Crippen molar-refractivity contribution in [3.05, 3.63) is 89.8 Å². The van der Waals surface area contributed by atoms with Crippen molar-refractivity contribution in [2.24, 2.45) is 0 Å². The fourth-order valence-corrected chi connectivity index (χ4v) is 4.91. The number of aliphatic hydroxyl groups excluding tert-OH is 1. The summed E-state index contributed by atoms with van der Waals surface area (Å²) in [5, 5.41) is 11.9. The van der Waals surface area contributed by atoms with E-state index in [1.54, 1.807) is 12.3 Å². The fourth-order valence-electron chi connectivity index (χ4n) is 4.91. The molecule has 1 saturated carbocycles. The molecule has 2 heterocycles. The fraction of sp³-hybridized carbons (Fsp3) is 0.250. The number of aryl methyl sites for hydroxylation is 1. The van der Waals surface area contributed by atoms with E-state index in [1.165, 1.54) is 19.9 Å². The second kappa shape index (κ2) is 11.4. The number of rotatable bonds is 3. The van der Waals surface area contributed by atoms with E-state index in [1.807, 2.05) is 42.5 Å². The number of furan rings is 1. The second-order valence-corrected chi connectivity index (χ2v) is 9.20. The number of nitrogens with zero attached hydrogens (tertiary/aromatic N) is 1. The van der Waals surface area contributed by atoms with Gasteiger partial charge in [-0.15, -0.1) is 17.7 Å². The van der Waals surface area contributed by atoms with Crippen molar-refractivity contribution in [1.29, 1.82) is 0 Å². The van der Waals surface area contributed by atoms with Crippen molar-refractivity contribution in [3.8, 4) is 11.3 Å². The van der Waals surface area contributed by atoms with Crippen LogP contribution in [0.15, 0.2) is 77.0 Å². The van der Waals surface area contributed by atoms with Gasteiger partial charge in [0.2, 0.25) is 0 Å². The van der Waals surface area contributed by atoms with Gasteiger partial charge in [-0.25, -0.2) is 0 Å². The van der Waals surface area contributed by atoms with Crippen LogP contribution >= 0.6 is 0 Å². The summed E-state index contributed by atoms with van der Waals surface area (Å²) in [6, 6.07) is 20.5. The number of allylic oxidation sites excluding steroid dienone is 2. The largest absolute Gasteiger partial charge is 0.512 e. The third-order valence-corrected chi connectivity index (χ3v) is 6.44. The van der Waals surface area contributed by atoms with E-state index in [0.717, 1.165) is 52.8 Å². The molecule has 0 unspecified atom stereocenters. The summed E-state index contributed by atoms with van der Waals surface area (Å²) in [4.78, 5) is 14.7. The number of pyridine rings is 1. The summed E-state index contributed by atoms with van der Waals surface area (Å²) in [5.74, 6) is -0.593. The minimum absolute atomic E-state index is 0. The van der Waals surface area contributed by atoms with E-state index >= 15 is 0 Å². The Kier molecular flexibility index (Phi) is 6.72. The summed E-state index contributed by atoms with van der Waals surface area (Å²) < 4.78 is 39.1. The molecule has 0 aliphatic heterocycles. The van der Waals surface area contributed by atoms with Gasteiger partial charge in [0.15, 0.2) is 5.78 Å². The van der Waals surface area contributed by atoms with Crippen LogP contribution in [0.4, 0.5) is 0 Å². The molecule has 0 amide bonds. The van der Waals surface area contributed by atoms with Crippen LogP contribution in [0.5, 0.6) is 0 Å². The van der Waals surface area contributed by atoms with Crippen LogP contribution in [0, 0.1) is 12.9 Å². The quantitative estimate of drug-likeness (QED) is 0.119. The number of fused-ring (bicyclic) bond motifs is 4. The normalized spacial score (nSPS) is 16.8. The molecule has 0 atom stereocenters. The van der Waals surface area contributed by atoms with Gasteiger partial charge in [0.25, 0.3) is 0 Å². The van der Waals surface area contributed by atoms with Crippen molar-refractivity contribution in [2.75, 3.05) is 0 Å². The number of ketones is 1. The first-order valence-electron chi connectivity index (χ1n) is 14.1. The van der Waals surface area contributed by atoms with Crippen LogP contribution in [0.25, 0.3) is 44.0 Å². The first-order chi connectivity index (χ1) is 19.0. The molecule has 5 heteroatoms. The van der Waals surface area contributed by atoms with E-state index in [9.17, 15) is 4.79 Å². The van der Waals surface area contributed by atoms with Crippen LogP contribution in [-0.4, -0.2) is 15.9 Å². The second-order valence-electron chi connectivity index (χ2n) is 9.20. The van der Waals surface area contributed by atoms with E-state index in [4.69, 9.17) is 15.0 Å². The van der Waals surface area contributed by atoms with E-state index in [-0.39, 0.29) is 37.2 Å². The van der Waals surface area contributed by atoms with Crippen LogP contribution < -0.4 is 0 Å². The molecule has 37 heavy (non-hydrogen) atoms. The number of hydrogen-bond acceptors (Lipinski definition) is 4. The minimum Gasteiger partial charge on any atom is -0.512 e. The zero-order valence-corrected chi connectivity index (χ0v) is 23.1. The van der Waals surface area contributed by atoms with E-state index in [0.29, 0.717) is 22.4 Å². The standard InChI is InChI=1S/C27H22NO.C5H8O2.Ir/c1-17-14-23-22-8-4-5-9-25(22)29-27(23)24(15-17)26-21-11-10-19(18-6-2-3-7-18)16-20(21)12-13-28-26;1-4(6)3-5(2)7;/h4-5,8-14,16,18H,2-3,6-7H2,1H3;3,6H,1-2H3;/q-1;;/b;4-3-;/i1D3,18D;;. The maximum absolute atomic E-state index is 10.0. The monoisotopic (exact) mass is 673 g/mol. The molecule has 1 aliphatic carbocycles. The number of para-hydroxylation sites is 1. The molecule has 6 rings (SSSR count). The summed E-state index contributed by atoms with van der Waals surface area (Å²) in [7, 11) is 0. The molecule has 4 nitrogen and oxygen atoms in total. The molecule has 5 aromatic rings. The van der Waals surface area contributed by atoms with Gasteiger partial charge in [0, 0.05) is 43.2 Å². The first kappa shape index (κ1) is 21.8. The molecule has 0 bridgehead atoms. The van der Waals surface area contributed by atoms with Crippen LogP contribution in [0.2, 0.25) is 0 Å². The average Bonchev–Trinajstić information content (AvgIpc) is 3.51. The molecular weight excluding hydrogens is 639 g/mol. The van der Waals surface area contributed by atoms with Gasteiger partial charge < -0.3 is 14.5 Å². The Labute approximate surface area is 236 Å². The molecule has 1 aliphatic rings. The van der Waals surface area contributed by atoms with Crippen molar-refractivity contribution in [2.45, 2.75) is 52.3 Å². The van der Waals surface area contributed by atoms with E-state index in [2.05, 4.69) is 17.1 Å². The first-order valence-corrected chi connectivity index (χ1v) is 12.1. The van der Waals surface area contributed by atoms with Crippen molar-refractivity contribution in [1.82, 2.24) is 4.98 Å². The van der Waals surface area contributed by atoms with Crippen LogP contribution in [-0.2, 0) is 24.9 Å². The Morgan fingerprint density at radius 1 is 1.11 bits per heavy atom. The van der Waals surface area contributed by atoms with Gasteiger partial charge in [-0.2, -0.15) is 0 Å². The SMILES string of the molecule is CC(=O)/C=C(/C)O.[2H]C([2H])([2H])c1[c-]c(-c2nccc3cc(C4([2H])CCCC4)ccc23)c2oc3ccccc3c2c1.[Ir]. The predicted molar refractivity (Wildman–Crippen MR) is 146 cm³/mol. The molecule has 0 spiro atoms. The van der Waals surface area contributed by atoms with Gasteiger partial charge in [0.1, 0.15) is 5.58 Å². The van der Waals surface area contributed by atoms with Gasteiger partial charge in [-0.3, -0.25) is 4.79 Å². The zero-order valence-electron chi connectivity index (χ0n) is 24.7. The summed E-state index contributed by atoms with van der Waals surface area (Å²) in [6.45, 7) is 0.542. The Morgan fingerprint density at radius 3 is 2.59 bits per heavy atom. The molecule has 3 aromatic carbocycles. The average molecular weight is 673 g/mol. The van der Waals surface area contributed by atoms with Gasteiger partial charge in [0.05, 0.1) is 11.3 Å². The zero-order chi connectivity index (χ0) is 28.7. The van der Waals surface area contributed by atoms with Gasteiger partial charge >= 0.3 is 0 Å². The molecule has 2 aromatic heterocycles. The third kappa shape index (κ3) is 5.69. The number of benzene rings is 3. The summed E-state index contributed by atoms with van der Waals surface area (Å²) in [5.41, 5.74) is 3.64. The smallest absolute Gasteiger partial charge is 0.155 e. The maximum Gasteiger partial charge on any atom is 0.155 e. The molecule has 0 saturated heterocycles. The topological polar surface area (TPSA) is 63.3 Å². The van der Waals surface area contributed by atoms with E-state index < -0.39 is 12.7 Å². The molecule has 1 radical (unpaired) electrons. The number of carbonyl (C=O) groups excluding carboxylic acids is 1. The number of aromatic nitrogens is 1. The Bertz CT molecular complexity index is 1760. The summed E-state index contributed by atoms with van der Waals surface area (Å²) in [6.07, 6.45) is 6.83. The van der Waals surface area contributed by atoms with Crippen LogP contribution in [0.1, 0.15) is 62.0 Å².